The van der Waals surface area contributed by atoms with E-state index in [0.29, 0.717) is 66.0 Å². The van der Waals surface area contributed by atoms with Gasteiger partial charge >= 0.3 is 5.97 Å². The second-order valence-electron chi connectivity index (χ2n) is 9.46. The molecule has 4 aromatic rings. The summed E-state index contributed by atoms with van der Waals surface area (Å²) in [7, 11) is 0. The molecule has 0 saturated heterocycles. The Morgan fingerprint density at radius 1 is 0.902 bits per heavy atom. The molecule has 0 spiro atoms. The average molecular weight is 572 g/mol. The van der Waals surface area contributed by atoms with Crippen molar-refractivity contribution in [1.82, 2.24) is 5.32 Å². The summed E-state index contributed by atoms with van der Waals surface area (Å²) in [6, 6.07) is 27.6. The molecule has 7 nitrogen and oxygen atoms in total. The first-order chi connectivity index (χ1) is 20.0. The summed E-state index contributed by atoms with van der Waals surface area (Å²) in [5.74, 6) is 2.08. The van der Waals surface area contributed by atoms with E-state index in [1.54, 1.807) is 43.3 Å². The van der Waals surface area contributed by atoms with E-state index in [9.17, 15) is 9.59 Å². The lowest BCUT2D eigenvalue weighted by molar-refractivity contribution is -0.145. The van der Waals surface area contributed by atoms with E-state index in [-0.39, 0.29) is 11.9 Å². The number of hydrogen-bond donors (Lipinski definition) is 1. The quantitative estimate of drug-likeness (QED) is 0.201. The van der Waals surface area contributed by atoms with Gasteiger partial charge in [0.25, 0.3) is 5.91 Å². The Bertz CT molecular complexity index is 1510. The van der Waals surface area contributed by atoms with Crippen LogP contribution in [0, 0.1) is 0 Å². The highest BCUT2D eigenvalue weighted by molar-refractivity contribution is 6.32. The van der Waals surface area contributed by atoms with E-state index in [4.69, 9.17) is 30.5 Å². The maximum absolute atomic E-state index is 12.7. The fourth-order valence-electron chi connectivity index (χ4n) is 4.57. The van der Waals surface area contributed by atoms with E-state index < -0.39 is 5.92 Å². The number of carbonyl (C=O) groups excluding carboxylic acids is 2. The maximum Gasteiger partial charge on any atom is 0.313 e. The zero-order valence-corrected chi connectivity index (χ0v) is 23.4. The van der Waals surface area contributed by atoms with E-state index in [0.717, 1.165) is 17.1 Å². The number of rotatable bonds is 10. The van der Waals surface area contributed by atoms with E-state index in [1.807, 2.05) is 54.6 Å². The number of ether oxygens (including phenoxy) is 4. The zero-order valence-electron chi connectivity index (χ0n) is 22.6. The van der Waals surface area contributed by atoms with Gasteiger partial charge in [0.2, 0.25) is 0 Å². The van der Waals surface area contributed by atoms with Gasteiger partial charge in [0.1, 0.15) is 28.7 Å². The molecule has 210 valence electrons. The predicted octanol–water partition coefficient (Wildman–Crippen LogP) is 7.33. The highest BCUT2D eigenvalue weighted by Crippen LogP contribution is 2.42. The number of fused-ring (bicyclic) bond motifs is 1. The SMILES string of the molecule is CCOC(=O)C1CCOc2cc(Oc3ccc(C(=O)NCCc4cccc(Oc5ccccc5)c4)cc3)c(Cl)cc21. The topological polar surface area (TPSA) is 83.1 Å². The van der Waals surface area contributed by atoms with Crippen LogP contribution in [0.15, 0.2) is 91.0 Å². The molecule has 0 bridgehead atoms. The van der Waals surface area contributed by atoms with Crippen molar-refractivity contribution in [2.24, 2.45) is 0 Å². The van der Waals surface area contributed by atoms with Crippen LogP contribution in [0.2, 0.25) is 5.02 Å². The first-order valence-electron chi connectivity index (χ1n) is 13.5. The first kappa shape index (κ1) is 28.1. The number of esters is 1. The first-order valence-corrected chi connectivity index (χ1v) is 13.9. The summed E-state index contributed by atoms with van der Waals surface area (Å²) in [6.45, 7) is 2.96. The predicted molar refractivity (Wildman–Crippen MR) is 156 cm³/mol. The van der Waals surface area contributed by atoms with Gasteiger partial charge in [-0.1, -0.05) is 41.9 Å². The van der Waals surface area contributed by atoms with Crippen LogP contribution in [0.25, 0.3) is 0 Å². The molecule has 0 radical (unpaired) electrons. The minimum absolute atomic E-state index is 0.182. The van der Waals surface area contributed by atoms with Gasteiger partial charge < -0.3 is 24.3 Å². The molecule has 4 aromatic carbocycles. The van der Waals surface area contributed by atoms with Crippen molar-refractivity contribution in [2.45, 2.75) is 25.7 Å². The highest BCUT2D eigenvalue weighted by Gasteiger charge is 2.30. The number of para-hydroxylation sites is 1. The third-order valence-electron chi connectivity index (χ3n) is 6.60. The molecular weight excluding hydrogens is 542 g/mol. The summed E-state index contributed by atoms with van der Waals surface area (Å²) in [5, 5.41) is 3.31. The second-order valence-corrected chi connectivity index (χ2v) is 9.86. The fraction of sp³-hybridized carbons (Fsp3) is 0.212. The lowest BCUT2D eigenvalue weighted by Crippen LogP contribution is -2.25. The molecule has 0 saturated carbocycles. The molecule has 1 atom stereocenters. The summed E-state index contributed by atoms with van der Waals surface area (Å²) < 4.78 is 22.8. The van der Waals surface area contributed by atoms with Crippen molar-refractivity contribution in [1.29, 1.82) is 0 Å². The van der Waals surface area contributed by atoms with Crippen molar-refractivity contribution in [3.05, 3.63) is 113 Å². The van der Waals surface area contributed by atoms with Gasteiger partial charge in [0, 0.05) is 23.7 Å². The van der Waals surface area contributed by atoms with Crippen LogP contribution in [0.5, 0.6) is 28.7 Å². The Kier molecular flexibility index (Phi) is 9.06. The van der Waals surface area contributed by atoms with Crippen molar-refractivity contribution in [3.63, 3.8) is 0 Å². The van der Waals surface area contributed by atoms with Crippen LogP contribution in [0.1, 0.15) is 40.7 Å². The molecule has 1 unspecified atom stereocenters. The molecular formula is C33H30ClNO6. The van der Waals surface area contributed by atoms with Gasteiger partial charge in [-0.2, -0.15) is 0 Å². The average Bonchev–Trinajstić information content (AvgIpc) is 2.98. The molecule has 0 aliphatic carbocycles. The van der Waals surface area contributed by atoms with Crippen LogP contribution >= 0.6 is 11.6 Å². The normalized spacial score (nSPS) is 13.9. The largest absolute Gasteiger partial charge is 0.493 e. The van der Waals surface area contributed by atoms with Crippen LogP contribution < -0.4 is 19.5 Å². The monoisotopic (exact) mass is 571 g/mol. The summed E-state index contributed by atoms with van der Waals surface area (Å²) in [5.41, 5.74) is 2.26. The Morgan fingerprint density at radius 3 is 2.44 bits per heavy atom. The molecule has 8 heteroatoms. The summed E-state index contributed by atoms with van der Waals surface area (Å²) >= 11 is 6.49. The highest BCUT2D eigenvalue weighted by atomic mass is 35.5. The Balaban J connectivity index is 1.16. The molecule has 1 aliphatic heterocycles. The van der Waals surface area contributed by atoms with Gasteiger partial charge in [-0.15, -0.1) is 0 Å². The van der Waals surface area contributed by atoms with E-state index in [2.05, 4.69) is 5.32 Å². The molecule has 1 amide bonds. The number of hydrogen-bond acceptors (Lipinski definition) is 6. The van der Waals surface area contributed by atoms with Gasteiger partial charge in [-0.3, -0.25) is 9.59 Å². The number of benzene rings is 4. The van der Waals surface area contributed by atoms with Crippen LogP contribution in [-0.2, 0) is 16.0 Å². The second kappa shape index (κ2) is 13.2. The lowest BCUT2D eigenvalue weighted by atomic mass is 9.93. The molecule has 1 aliphatic rings. The zero-order chi connectivity index (χ0) is 28.6. The van der Waals surface area contributed by atoms with E-state index in [1.165, 1.54) is 0 Å². The molecule has 1 heterocycles. The van der Waals surface area contributed by atoms with Crippen molar-refractivity contribution < 1.29 is 28.5 Å². The Morgan fingerprint density at radius 2 is 1.66 bits per heavy atom. The summed E-state index contributed by atoms with van der Waals surface area (Å²) in [6.07, 6.45) is 1.19. The molecule has 0 fully saturated rings. The molecule has 41 heavy (non-hydrogen) atoms. The number of amides is 1. The smallest absolute Gasteiger partial charge is 0.313 e. The van der Waals surface area contributed by atoms with Crippen LogP contribution in [0.3, 0.4) is 0 Å². The third kappa shape index (κ3) is 7.18. The van der Waals surface area contributed by atoms with Crippen molar-refractivity contribution >= 4 is 23.5 Å². The minimum Gasteiger partial charge on any atom is -0.493 e. The van der Waals surface area contributed by atoms with Gasteiger partial charge in [0.15, 0.2) is 0 Å². The fourth-order valence-corrected chi connectivity index (χ4v) is 4.78. The standard InChI is InChI=1S/C33H30ClNO6/c1-2-38-33(37)27-16-18-39-30-21-31(29(34)20-28(27)30)41-25-13-11-23(12-14-25)32(36)35-17-15-22-7-6-10-26(19-22)40-24-8-4-3-5-9-24/h3-14,19-21,27H,2,15-18H2,1H3,(H,35,36). The van der Waals surface area contributed by atoms with Gasteiger partial charge in [0.05, 0.1) is 24.2 Å². The number of nitrogens with one attached hydrogen (secondary N) is 1. The van der Waals surface area contributed by atoms with Crippen LogP contribution in [-0.4, -0.2) is 31.6 Å². The minimum atomic E-state index is -0.422. The Labute approximate surface area is 244 Å². The maximum atomic E-state index is 12.7. The van der Waals surface area contributed by atoms with Gasteiger partial charge in [-0.25, -0.2) is 0 Å². The molecule has 5 rings (SSSR count). The lowest BCUT2D eigenvalue weighted by Gasteiger charge is -2.25. The van der Waals surface area contributed by atoms with Crippen molar-refractivity contribution in [2.75, 3.05) is 19.8 Å². The molecule has 1 N–H and O–H groups in total. The van der Waals surface area contributed by atoms with Gasteiger partial charge in [-0.05, 0) is 79.9 Å². The number of halogens is 1. The van der Waals surface area contributed by atoms with Crippen LogP contribution in [0.4, 0.5) is 0 Å². The summed E-state index contributed by atoms with van der Waals surface area (Å²) in [4.78, 5) is 25.1. The number of carbonyl (C=O) groups is 2. The van der Waals surface area contributed by atoms with E-state index >= 15 is 0 Å². The van der Waals surface area contributed by atoms with Crippen molar-refractivity contribution in [3.8, 4) is 28.7 Å². The molecule has 0 aromatic heterocycles. The Hall–Kier alpha value is -4.49. The third-order valence-corrected chi connectivity index (χ3v) is 6.89.